The van der Waals surface area contributed by atoms with Crippen molar-refractivity contribution in [3.05, 3.63) is 48.0 Å². The third kappa shape index (κ3) is 5.43. The fourth-order valence-corrected chi connectivity index (χ4v) is 7.88. The van der Waals surface area contributed by atoms with Gasteiger partial charge < -0.3 is 10.1 Å². The van der Waals surface area contributed by atoms with Crippen LogP contribution >= 0.6 is 0 Å². The molecule has 1 amide bonds. The van der Waals surface area contributed by atoms with E-state index in [2.05, 4.69) is 5.32 Å². The topological polar surface area (TPSA) is 113 Å². The summed E-state index contributed by atoms with van der Waals surface area (Å²) < 4.78 is 58.0. The first-order valence-electron chi connectivity index (χ1n) is 10.8. The Morgan fingerprint density at radius 1 is 1.00 bits per heavy atom. The number of anilines is 1. The van der Waals surface area contributed by atoms with E-state index >= 15 is 0 Å². The second kappa shape index (κ2) is 10.0. The van der Waals surface area contributed by atoms with Crippen LogP contribution in [0.15, 0.2) is 52.3 Å². The molecule has 2 aromatic carbocycles. The fraction of sp³-hybridized carbons (Fsp3) is 0.435. The summed E-state index contributed by atoms with van der Waals surface area (Å²) in [6.07, 6.45) is 0.995. The maximum absolute atomic E-state index is 13.5. The lowest BCUT2D eigenvalue weighted by atomic mass is 10.1. The summed E-state index contributed by atoms with van der Waals surface area (Å²) in [4.78, 5) is 14.2. The maximum atomic E-state index is 13.5. The Labute approximate surface area is 201 Å². The number of ether oxygens (including phenoxy) is 1. The monoisotopic (exact) mass is 509 g/mol. The molecular formula is C23H31N3O6S2. The maximum Gasteiger partial charge on any atom is 0.244 e. The number of sulfone groups is 1. The van der Waals surface area contributed by atoms with Crippen LogP contribution < -0.4 is 10.1 Å². The summed E-state index contributed by atoms with van der Waals surface area (Å²) in [5.41, 5.74) is 1.48. The highest BCUT2D eigenvalue weighted by Gasteiger charge is 2.40. The third-order valence-corrected chi connectivity index (χ3v) is 9.33. The number of piperazine rings is 1. The first-order chi connectivity index (χ1) is 15.9. The number of carbonyl (C=O) groups is 1. The molecule has 0 aromatic heterocycles. The lowest BCUT2D eigenvalue weighted by Crippen LogP contribution is -2.59. The molecule has 1 N–H and O–H groups in total. The predicted molar refractivity (Wildman–Crippen MR) is 130 cm³/mol. The van der Waals surface area contributed by atoms with Gasteiger partial charge in [0.15, 0.2) is 9.84 Å². The molecule has 186 valence electrons. The molecule has 1 heterocycles. The smallest absolute Gasteiger partial charge is 0.244 e. The van der Waals surface area contributed by atoms with Gasteiger partial charge in [0, 0.05) is 42.7 Å². The third-order valence-electron chi connectivity index (χ3n) is 5.86. The number of hydrogen-bond donors (Lipinski definition) is 1. The molecule has 2 aromatic rings. The molecule has 11 heteroatoms. The lowest BCUT2D eigenvalue weighted by Gasteiger charge is -2.43. The van der Waals surface area contributed by atoms with Crippen molar-refractivity contribution in [1.82, 2.24) is 9.21 Å². The molecule has 2 unspecified atom stereocenters. The van der Waals surface area contributed by atoms with Crippen molar-refractivity contribution < 1.29 is 26.4 Å². The van der Waals surface area contributed by atoms with Gasteiger partial charge in [0.2, 0.25) is 15.9 Å². The van der Waals surface area contributed by atoms with Crippen molar-refractivity contribution in [1.29, 1.82) is 0 Å². The minimum Gasteiger partial charge on any atom is -0.496 e. The Bertz CT molecular complexity index is 1270. The zero-order valence-corrected chi connectivity index (χ0v) is 21.6. The summed E-state index contributed by atoms with van der Waals surface area (Å²) in [5.74, 6) is 0.461. The first kappa shape index (κ1) is 26.1. The summed E-state index contributed by atoms with van der Waals surface area (Å²) >= 11 is 0. The van der Waals surface area contributed by atoms with Crippen molar-refractivity contribution in [2.45, 2.75) is 42.6 Å². The van der Waals surface area contributed by atoms with Crippen LogP contribution in [0.1, 0.15) is 19.4 Å². The van der Waals surface area contributed by atoms with E-state index in [1.807, 2.05) is 17.9 Å². The molecular weight excluding hydrogens is 478 g/mol. The minimum absolute atomic E-state index is 0.0964. The summed E-state index contributed by atoms with van der Waals surface area (Å²) in [7, 11) is -6.24. The van der Waals surface area contributed by atoms with Gasteiger partial charge >= 0.3 is 0 Å². The quantitative estimate of drug-likeness (QED) is 0.608. The highest BCUT2D eigenvalue weighted by Crippen LogP contribution is 2.30. The molecule has 0 bridgehead atoms. The molecule has 0 radical (unpaired) electrons. The highest BCUT2D eigenvalue weighted by atomic mass is 32.2. The summed E-state index contributed by atoms with van der Waals surface area (Å²) in [6.45, 7) is 6.13. The fourth-order valence-electron chi connectivity index (χ4n) is 4.47. The van der Waals surface area contributed by atoms with Gasteiger partial charge in [-0.1, -0.05) is 18.2 Å². The van der Waals surface area contributed by atoms with Crippen LogP contribution in [0.2, 0.25) is 0 Å². The van der Waals surface area contributed by atoms with E-state index in [9.17, 15) is 21.6 Å². The van der Waals surface area contributed by atoms with Gasteiger partial charge in [-0.25, -0.2) is 16.8 Å². The van der Waals surface area contributed by atoms with Gasteiger partial charge in [0.05, 0.1) is 18.6 Å². The number of benzene rings is 2. The molecule has 2 atom stereocenters. The van der Waals surface area contributed by atoms with E-state index in [0.29, 0.717) is 24.5 Å². The number of methoxy groups -OCH3 is 1. The van der Waals surface area contributed by atoms with E-state index in [-0.39, 0.29) is 22.2 Å². The number of rotatable bonds is 7. The van der Waals surface area contributed by atoms with Crippen molar-refractivity contribution >= 4 is 31.5 Å². The van der Waals surface area contributed by atoms with Crippen molar-refractivity contribution in [3.8, 4) is 5.75 Å². The molecule has 0 saturated carbocycles. The number of amides is 1. The zero-order valence-electron chi connectivity index (χ0n) is 20.0. The second-order valence-corrected chi connectivity index (χ2v) is 12.4. The number of nitrogens with one attached hydrogen (secondary N) is 1. The average molecular weight is 510 g/mol. The Morgan fingerprint density at radius 3 is 2.15 bits per heavy atom. The van der Waals surface area contributed by atoms with Gasteiger partial charge in [-0.05, 0) is 45.0 Å². The van der Waals surface area contributed by atoms with Crippen LogP contribution in [0.4, 0.5) is 5.69 Å². The van der Waals surface area contributed by atoms with Crippen molar-refractivity contribution in [2.75, 3.05) is 38.3 Å². The van der Waals surface area contributed by atoms with E-state index < -0.39 is 31.9 Å². The number of nitrogens with zero attached hydrogens (tertiary/aromatic N) is 2. The molecule has 0 aliphatic carbocycles. The first-order valence-corrected chi connectivity index (χ1v) is 14.2. The molecule has 0 spiro atoms. The Balaban J connectivity index is 1.76. The normalized spacial score (nSPS) is 20.1. The number of sulfonamides is 1. The standard InChI is InChI=1S/C23H31N3O6S2/c1-16-13-25(15-23(27)24-19-9-8-10-20(32-4)18(19)3)14-17(2)26(16)34(30,31)22-12-7-6-11-21(22)33(5,28)29/h6-12,16-17H,13-15H2,1-5H3,(H,24,27). The SMILES string of the molecule is COc1cccc(NC(=O)CN2CC(C)N(S(=O)(=O)c3ccccc3S(C)(=O)=O)C(C)C2)c1C. The van der Waals surface area contributed by atoms with Crippen LogP contribution in [0.5, 0.6) is 5.75 Å². The minimum atomic E-state index is -4.07. The van der Waals surface area contributed by atoms with Crippen LogP contribution in [0.3, 0.4) is 0 Å². The van der Waals surface area contributed by atoms with Crippen LogP contribution in [0.25, 0.3) is 0 Å². The summed E-state index contributed by atoms with van der Waals surface area (Å²) in [5, 5.41) is 2.89. The Hall–Kier alpha value is -2.47. The molecule has 1 aliphatic rings. The van der Waals surface area contributed by atoms with E-state index in [1.165, 1.54) is 28.6 Å². The zero-order chi connectivity index (χ0) is 25.3. The summed E-state index contributed by atoms with van der Waals surface area (Å²) in [6, 6.07) is 10.1. The Kier molecular flexibility index (Phi) is 7.71. The number of hydrogen-bond acceptors (Lipinski definition) is 7. The van der Waals surface area contributed by atoms with Crippen molar-refractivity contribution in [2.24, 2.45) is 0 Å². The largest absolute Gasteiger partial charge is 0.496 e. The lowest BCUT2D eigenvalue weighted by molar-refractivity contribution is -0.118. The van der Waals surface area contributed by atoms with E-state index in [4.69, 9.17) is 4.74 Å². The second-order valence-electron chi connectivity index (χ2n) is 8.63. The molecule has 1 fully saturated rings. The van der Waals surface area contributed by atoms with Gasteiger partial charge in [0.1, 0.15) is 10.6 Å². The molecule has 34 heavy (non-hydrogen) atoms. The molecule has 1 saturated heterocycles. The highest BCUT2D eigenvalue weighted by molar-refractivity contribution is 7.93. The van der Waals surface area contributed by atoms with E-state index in [0.717, 1.165) is 11.8 Å². The van der Waals surface area contributed by atoms with Gasteiger partial charge in [-0.15, -0.1) is 0 Å². The van der Waals surface area contributed by atoms with Crippen molar-refractivity contribution in [3.63, 3.8) is 0 Å². The van der Waals surface area contributed by atoms with Gasteiger partial charge in [0.25, 0.3) is 0 Å². The predicted octanol–water partition coefficient (Wildman–Crippen LogP) is 2.13. The number of carbonyl (C=O) groups excluding carboxylic acids is 1. The van der Waals surface area contributed by atoms with Gasteiger partial charge in [-0.3, -0.25) is 9.69 Å². The van der Waals surface area contributed by atoms with Crippen LogP contribution in [-0.4, -0.2) is 77.0 Å². The average Bonchev–Trinajstić information content (AvgIpc) is 2.74. The van der Waals surface area contributed by atoms with Crippen LogP contribution in [-0.2, 0) is 24.7 Å². The van der Waals surface area contributed by atoms with E-state index in [1.54, 1.807) is 33.1 Å². The molecule has 1 aliphatic heterocycles. The molecule has 3 rings (SSSR count). The van der Waals surface area contributed by atoms with Crippen LogP contribution in [0, 0.1) is 6.92 Å². The molecule has 9 nitrogen and oxygen atoms in total. The Morgan fingerprint density at radius 2 is 1.59 bits per heavy atom. The van der Waals surface area contributed by atoms with Gasteiger partial charge in [-0.2, -0.15) is 4.31 Å².